The number of aromatic nitrogens is 4. The van der Waals surface area contributed by atoms with Crippen LogP contribution in [0.1, 0.15) is 12.2 Å². The van der Waals surface area contributed by atoms with Crippen molar-refractivity contribution in [3.63, 3.8) is 0 Å². The van der Waals surface area contributed by atoms with E-state index in [0.29, 0.717) is 19.4 Å². The standard InChI is InChI=1S/C8H12N6O2S2/c9-7-13-14-8(17-7)18(15,16)12-3-1-2-6-10-4-5-11-6/h4-5,12H,1-3H2,(H2,9,13)(H,10,11). The molecule has 0 radical (unpaired) electrons. The first-order valence-corrected chi connectivity index (χ1v) is 7.45. The Balaban J connectivity index is 1.82. The van der Waals surface area contributed by atoms with Crippen molar-refractivity contribution >= 4 is 26.5 Å². The van der Waals surface area contributed by atoms with E-state index < -0.39 is 10.0 Å². The maximum absolute atomic E-state index is 11.7. The smallest absolute Gasteiger partial charge is 0.269 e. The number of nitrogens with two attached hydrogens (primary N) is 1. The van der Waals surface area contributed by atoms with E-state index in [2.05, 4.69) is 24.9 Å². The molecule has 4 N–H and O–H groups in total. The third kappa shape index (κ3) is 3.24. The molecule has 2 aromatic rings. The number of hydrogen-bond donors (Lipinski definition) is 3. The van der Waals surface area contributed by atoms with Crippen LogP contribution in [0.3, 0.4) is 0 Å². The fraction of sp³-hybridized carbons (Fsp3) is 0.375. The number of aryl methyl sites for hydroxylation is 1. The highest BCUT2D eigenvalue weighted by molar-refractivity contribution is 7.91. The van der Waals surface area contributed by atoms with E-state index in [1.807, 2.05) is 0 Å². The summed E-state index contributed by atoms with van der Waals surface area (Å²) in [7, 11) is -3.60. The fourth-order valence-corrected chi connectivity index (χ4v) is 3.19. The number of nitrogens with one attached hydrogen (secondary N) is 2. The van der Waals surface area contributed by atoms with Crippen molar-refractivity contribution in [1.29, 1.82) is 0 Å². The van der Waals surface area contributed by atoms with Gasteiger partial charge in [-0.2, -0.15) is 0 Å². The average Bonchev–Trinajstić information content (AvgIpc) is 2.95. The molecule has 0 saturated carbocycles. The zero-order valence-corrected chi connectivity index (χ0v) is 11.0. The van der Waals surface area contributed by atoms with Gasteiger partial charge in [-0.05, 0) is 6.42 Å². The van der Waals surface area contributed by atoms with Gasteiger partial charge >= 0.3 is 0 Å². The van der Waals surface area contributed by atoms with Gasteiger partial charge in [0.05, 0.1) is 0 Å². The lowest BCUT2D eigenvalue weighted by Crippen LogP contribution is -2.25. The van der Waals surface area contributed by atoms with Crippen LogP contribution in [-0.4, -0.2) is 35.1 Å². The monoisotopic (exact) mass is 288 g/mol. The summed E-state index contributed by atoms with van der Waals surface area (Å²) in [6.07, 6.45) is 4.70. The van der Waals surface area contributed by atoms with E-state index in [1.54, 1.807) is 12.4 Å². The number of nitrogen functional groups attached to an aromatic ring is 1. The molecule has 18 heavy (non-hydrogen) atoms. The van der Waals surface area contributed by atoms with Crippen LogP contribution in [0, 0.1) is 0 Å². The summed E-state index contributed by atoms with van der Waals surface area (Å²) in [5.74, 6) is 0.828. The summed E-state index contributed by atoms with van der Waals surface area (Å²) in [5, 5.41) is 7.09. The summed E-state index contributed by atoms with van der Waals surface area (Å²) >= 11 is 0.837. The lowest BCUT2D eigenvalue weighted by molar-refractivity contribution is 0.576. The van der Waals surface area contributed by atoms with Crippen LogP contribution in [-0.2, 0) is 16.4 Å². The molecule has 2 aromatic heterocycles. The van der Waals surface area contributed by atoms with Crippen molar-refractivity contribution in [1.82, 2.24) is 24.9 Å². The van der Waals surface area contributed by atoms with E-state index in [1.165, 1.54) is 0 Å². The highest BCUT2D eigenvalue weighted by Gasteiger charge is 2.18. The van der Waals surface area contributed by atoms with Crippen molar-refractivity contribution in [3.05, 3.63) is 18.2 Å². The minimum Gasteiger partial charge on any atom is -0.374 e. The van der Waals surface area contributed by atoms with E-state index in [0.717, 1.165) is 17.2 Å². The molecule has 0 unspecified atom stereocenters. The normalized spacial score (nSPS) is 11.8. The Morgan fingerprint density at radius 2 is 2.28 bits per heavy atom. The molecule has 0 fully saturated rings. The van der Waals surface area contributed by atoms with E-state index >= 15 is 0 Å². The van der Waals surface area contributed by atoms with Gasteiger partial charge in [0.1, 0.15) is 5.82 Å². The van der Waals surface area contributed by atoms with Crippen LogP contribution in [0.25, 0.3) is 0 Å². The summed E-state index contributed by atoms with van der Waals surface area (Å²) in [4.78, 5) is 6.99. The SMILES string of the molecule is Nc1nnc(S(=O)(=O)NCCCc2ncc[nH]2)s1. The molecule has 0 aromatic carbocycles. The Bertz CT molecular complexity index is 591. The van der Waals surface area contributed by atoms with E-state index in [4.69, 9.17) is 5.73 Å². The Kier molecular flexibility index (Phi) is 3.89. The fourth-order valence-electron chi connectivity index (χ4n) is 1.29. The van der Waals surface area contributed by atoms with Gasteiger partial charge in [0, 0.05) is 25.4 Å². The van der Waals surface area contributed by atoms with Gasteiger partial charge in [-0.3, -0.25) is 0 Å². The number of imidazole rings is 1. The van der Waals surface area contributed by atoms with Crippen LogP contribution in [0.15, 0.2) is 16.7 Å². The van der Waals surface area contributed by atoms with Crippen LogP contribution in [0.2, 0.25) is 0 Å². The van der Waals surface area contributed by atoms with Crippen molar-refractivity contribution in [2.45, 2.75) is 17.2 Å². The first-order chi connectivity index (χ1) is 8.58. The average molecular weight is 288 g/mol. The second-order valence-corrected chi connectivity index (χ2v) is 6.39. The van der Waals surface area contributed by atoms with Crippen LogP contribution >= 0.6 is 11.3 Å². The zero-order chi connectivity index (χ0) is 13.0. The van der Waals surface area contributed by atoms with Gasteiger partial charge < -0.3 is 10.7 Å². The summed E-state index contributed by atoms with van der Waals surface area (Å²) in [6, 6.07) is 0. The minimum absolute atomic E-state index is 0.113. The summed E-state index contributed by atoms with van der Waals surface area (Å²) in [5.41, 5.74) is 5.33. The first-order valence-electron chi connectivity index (χ1n) is 5.15. The van der Waals surface area contributed by atoms with E-state index in [9.17, 15) is 8.42 Å². The highest BCUT2D eigenvalue weighted by atomic mass is 32.2. The number of anilines is 1. The molecule has 10 heteroatoms. The number of H-pyrrole nitrogens is 1. The van der Waals surface area contributed by atoms with Gasteiger partial charge in [-0.1, -0.05) is 11.3 Å². The molecule has 8 nitrogen and oxygen atoms in total. The van der Waals surface area contributed by atoms with Crippen LogP contribution < -0.4 is 10.5 Å². The lowest BCUT2D eigenvalue weighted by Gasteiger charge is -2.02. The Morgan fingerprint density at radius 1 is 1.44 bits per heavy atom. The van der Waals surface area contributed by atoms with Crippen molar-refractivity contribution in [2.75, 3.05) is 12.3 Å². The third-order valence-corrected chi connectivity index (χ3v) is 4.67. The first kappa shape index (κ1) is 12.9. The lowest BCUT2D eigenvalue weighted by atomic mass is 10.3. The molecule has 0 atom stereocenters. The number of nitrogens with zero attached hydrogens (tertiary/aromatic N) is 3. The molecule has 2 rings (SSSR count). The largest absolute Gasteiger partial charge is 0.374 e. The molecular formula is C8H12N6O2S2. The Hall–Kier alpha value is -1.52. The number of hydrogen-bond acceptors (Lipinski definition) is 7. The van der Waals surface area contributed by atoms with Gasteiger partial charge in [0.25, 0.3) is 10.0 Å². The quantitative estimate of drug-likeness (QED) is 0.629. The van der Waals surface area contributed by atoms with Crippen molar-refractivity contribution < 1.29 is 8.42 Å². The van der Waals surface area contributed by atoms with Gasteiger partial charge in [-0.15, -0.1) is 10.2 Å². The van der Waals surface area contributed by atoms with E-state index in [-0.39, 0.29) is 9.47 Å². The molecule has 2 heterocycles. The van der Waals surface area contributed by atoms with Crippen LogP contribution in [0.4, 0.5) is 5.13 Å². The summed E-state index contributed by atoms with van der Waals surface area (Å²) in [6.45, 7) is 0.308. The summed E-state index contributed by atoms with van der Waals surface area (Å²) < 4.78 is 25.8. The zero-order valence-electron chi connectivity index (χ0n) is 9.33. The molecule has 0 amide bonds. The molecule has 0 saturated heterocycles. The van der Waals surface area contributed by atoms with Crippen LogP contribution in [0.5, 0.6) is 0 Å². The Morgan fingerprint density at radius 3 is 2.89 bits per heavy atom. The molecular weight excluding hydrogens is 276 g/mol. The minimum atomic E-state index is -3.60. The molecule has 0 spiro atoms. The number of sulfonamides is 1. The van der Waals surface area contributed by atoms with Gasteiger partial charge in [0.15, 0.2) is 0 Å². The maximum Gasteiger partial charge on any atom is 0.269 e. The van der Waals surface area contributed by atoms with Gasteiger partial charge in [-0.25, -0.2) is 18.1 Å². The predicted molar refractivity (Wildman–Crippen MR) is 66.4 cm³/mol. The second-order valence-electron chi connectivity index (χ2n) is 3.44. The molecule has 0 aliphatic heterocycles. The van der Waals surface area contributed by atoms with Crippen molar-refractivity contribution in [2.24, 2.45) is 0 Å². The topological polar surface area (TPSA) is 127 Å². The molecule has 0 bridgehead atoms. The molecule has 98 valence electrons. The number of rotatable bonds is 6. The molecule has 0 aliphatic carbocycles. The third-order valence-electron chi connectivity index (χ3n) is 2.09. The highest BCUT2D eigenvalue weighted by Crippen LogP contribution is 2.16. The number of aromatic amines is 1. The molecule has 0 aliphatic rings. The van der Waals surface area contributed by atoms with Crippen molar-refractivity contribution in [3.8, 4) is 0 Å². The van der Waals surface area contributed by atoms with Gasteiger partial charge in [0.2, 0.25) is 9.47 Å². The maximum atomic E-state index is 11.7. The predicted octanol–water partition coefficient (Wildman–Crippen LogP) is -0.246. The second kappa shape index (κ2) is 5.42. The Labute approximate surface area is 108 Å².